The number of benzene rings is 1. The third kappa shape index (κ3) is 2.74. The fraction of sp³-hybridized carbons (Fsp3) is 0.0769. The molecule has 1 amide bonds. The first-order valence-electron chi connectivity index (χ1n) is 5.51. The summed E-state index contributed by atoms with van der Waals surface area (Å²) in [5, 5.41) is 15.3. The predicted molar refractivity (Wildman–Crippen MR) is 76.0 cm³/mol. The molecule has 0 fully saturated rings. The van der Waals surface area contributed by atoms with E-state index in [4.69, 9.17) is 10.9 Å². The van der Waals surface area contributed by atoms with Crippen LogP contribution in [0.4, 0.5) is 5.69 Å². The lowest BCUT2D eigenvalue weighted by Crippen LogP contribution is -2.26. The minimum atomic E-state index is -0.0992. The van der Waals surface area contributed by atoms with E-state index in [-0.39, 0.29) is 11.7 Å². The molecule has 0 aliphatic heterocycles. The highest BCUT2D eigenvalue weighted by Gasteiger charge is 2.14. The lowest BCUT2D eigenvalue weighted by molar-refractivity contribution is 0.0993. The minimum Gasteiger partial charge on any atom is -0.409 e. The van der Waals surface area contributed by atoms with Crippen molar-refractivity contribution in [2.24, 2.45) is 10.9 Å². The molecule has 1 heterocycles. The Labute approximate surface area is 114 Å². The van der Waals surface area contributed by atoms with Crippen LogP contribution in [0.15, 0.2) is 46.2 Å². The van der Waals surface area contributed by atoms with Gasteiger partial charge in [0.1, 0.15) is 0 Å². The molecule has 0 radical (unpaired) electrons. The van der Waals surface area contributed by atoms with Crippen molar-refractivity contribution < 1.29 is 10.0 Å². The second-order valence-corrected chi connectivity index (χ2v) is 4.69. The Bertz CT molecular complexity index is 608. The molecule has 98 valence electrons. The van der Waals surface area contributed by atoms with Crippen molar-refractivity contribution in [3.05, 3.63) is 52.2 Å². The summed E-state index contributed by atoms with van der Waals surface area (Å²) < 4.78 is 0. The second kappa shape index (κ2) is 5.53. The van der Waals surface area contributed by atoms with Gasteiger partial charge in [0.25, 0.3) is 5.91 Å². The monoisotopic (exact) mass is 275 g/mol. The van der Waals surface area contributed by atoms with Crippen LogP contribution in [0.3, 0.4) is 0 Å². The van der Waals surface area contributed by atoms with Crippen molar-refractivity contribution in [1.82, 2.24) is 0 Å². The van der Waals surface area contributed by atoms with Crippen LogP contribution in [0.2, 0.25) is 0 Å². The van der Waals surface area contributed by atoms with Crippen LogP contribution < -0.4 is 10.6 Å². The molecule has 19 heavy (non-hydrogen) atoms. The van der Waals surface area contributed by atoms with E-state index < -0.39 is 0 Å². The smallest absolute Gasteiger partial charge is 0.258 e. The number of amides is 1. The molecule has 0 saturated heterocycles. The second-order valence-electron chi connectivity index (χ2n) is 3.91. The van der Waals surface area contributed by atoms with Gasteiger partial charge in [-0.15, -0.1) is 0 Å². The number of hydrogen-bond donors (Lipinski definition) is 2. The first kappa shape index (κ1) is 13.1. The molecular weight excluding hydrogens is 262 g/mol. The Kier molecular flexibility index (Phi) is 3.82. The van der Waals surface area contributed by atoms with Gasteiger partial charge in [-0.25, -0.2) is 0 Å². The van der Waals surface area contributed by atoms with Crippen LogP contribution in [0.25, 0.3) is 0 Å². The maximum absolute atomic E-state index is 12.2. The molecule has 5 nitrogen and oxygen atoms in total. The molecular formula is C13H13N3O2S. The van der Waals surface area contributed by atoms with Crippen LogP contribution in [0, 0.1) is 0 Å². The summed E-state index contributed by atoms with van der Waals surface area (Å²) in [4.78, 5) is 13.7. The van der Waals surface area contributed by atoms with Crippen LogP contribution in [-0.2, 0) is 0 Å². The molecule has 0 saturated carbocycles. The van der Waals surface area contributed by atoms with Gasteiger partial charge >= 0.3 is 0 Å². The molecule has 0 unspecified atom stereocenters. The Morgan fingerprint density at radius 1 is 1.37 bits per heavy atom. The number of oxime groups is 1. The number of nitrogens with two attached hydrogens (primary N) is 1. The van der Waals surface area contributed by atoms with E-state index >= 15 is 0 Å². The number of amidine groups is 1. The molecule has 2 aromatic rings. The highest BCUT2D eigenvalue weighted by molar-refractivity contribution is 7.08. The van der Waals surface area contributed by atoms with Gasteiger partial charge in [-0.2, -0.15) is 11.3 Å². The van der Waals surface area contributed by atoms with Crippen LogP contribution in [0.1, 0.15) is 15.9 Å². The maximum Gasteiger partial charge on any atom is 0.258 e. The average molecular weight is 275 g/mol. The molecule has 2 rings (SSSR count). The van der Waals surface area contributed by atoms with Gasteiger partial charge in [-0.3, -0.25) is 4.79 Å². The number of hydrogen-bond acceptors (Lipinski definition) is 4. The third-order valence-corrected chi connectivity index (χ3v) is 3.39. The molecule has 1 aromatic carbocycles. The zero-order valence-electron chi connectivity index (χ0n) is 10.3. The van der Waals surface area contributed by atoms with Gasteiger partial charge in [0.2, 0.25) is 0 Å². The zero-order valence-corrected chi connectivity index (χ0v) is 11.1. The largest absolute Gasteiger partial charge is 0.409 e. The molecule has 0 bridgehead atoms. The number of carbonyl (C=O) groups is 1. The average Bonchev–Trinajstić information content (AvgIpc) is 2.99. The van der Waals surface area contributed by atoms with Gasteiger partial charge < -0.3 is 15.8 Å². The normalized spacial score (nSPS) is 11.3. The molecule has 1 aromatic heterocycles. The molecule has 0 spiro atoms. The van der Waals surface area contributed by atoms with Gasteiger partial charge in [0.05, 0.1) is 5.56 Å². The van der Waals surface area contributed by atoms with E-state index in [1.165, 1.54) is 16.2 Å². The van der Waals surface area contributed by atoms with E-state index in [1.807, 2.05) is 5.38 Å². The van der Waals surface area contributed by atoms with E-state index in [9.17, 15) is 4.79 Å². The van der Waals surface area contributed by atoms with Crippen molar-refractivity contribution in [3.63, 3.8) is 0 Å². The van der Waals surface area contributed by atoms with E-state index in [2.05, 4.69) is 5.16 Å². The van der Waals surface area contributed by atoms with Gasteiger partial charge in [0.15, 0.2) is 5.84 Å². The molecule has 0 aliphatic rings. The van der Waals surface area contributed by atoms with Crippen molar-refractivity contribution in [2.75, 3.05) is 11.9 Å². The summed E-state index contributed by atoms with van der Waals surface area (Å²) >= 11 is 1.47. The number of anilines is 1. The summed E-state index contributed by atoms with van der Waals surface area (Å²) in [7, 11) is 1.69. The molecule has 0 aliphatic carbocycles. The lowest BCUT2D eigenvalue weighted by Gasteiger charge is -2.17. The number of rotatable bonds is 3. The van der Waals surface area contributed by atoms with Crippen LogP contribution >= 0.6 is 11.3 Å². The fourth-order valence-corrected chi connectivity index (χ4v) is 2.26. The summed E-state index contributed by atoms with van der Waals surface area (Å²) in [5.74, 6) is -0.0869. The van der Waals surface area contributed by atoms with Crippen LogP contribution in [0.5, 0.6) is 0 Å². The van der Waals surface area contributed by atoms with Crippen molar-refractivity contribution in [2.45, 2.75) is 0 Å². The standard InChI is InChI=1S/C13H13N3O2S/c1-16(13(17)10-5-6-19-8-10)11-4-2-3-9(7-11)12(14)15-18/h2-8,18H,1H3,(H2,14,15). The predicted octanol–water partition coefficient (Wildman–Crippen LogP) is 2.12. The number of thiophene rings is 1. The highest BCUT2D eigenvalue weighted by atomic mass is 32.1. The molecule has 0 atom stereocenters. The van der Waals surface area contributed by atoms with Crippen LogP contribution in [-0.4, -0.2) is 24.0 Å². The zero-order chi connectivity index (χ0) is 13.8. The molecule has 6 heteroatoms. The Hall–Kier alpha value is -2.34. The first-order chi connectivity index (χ1) is 9.13. The quantitative estimate of drug-likeness (QED) is 0.390. The van der Waals surface area contributed by atoms with Gasteiger partial charge in [-0.1, -0.05) is 17.3 Å². The highest BCUT2D eigenvalue weighted by Crippen LogP contribution is 2.18. The first-order valence-corrected chi connectivity index (χ1v) is 6.46. The maximum atomic E-state index is 12.2. The van der Waals surface area contributed by atoms with Gasteiger partial charge in [-0.05, 0) is 23.6 Å². The lowest BCUT2D eigenvalue weighted by atomic mass is 10.1. The Balaban J connectivity index is 2.29. The van der Waals surface area contributed by atoms with E-state index in [0.29, 0.717) is 16.8 Å². The minimum absolute atomic E-state index is 0.0123. The molecule has 3 N–H and O–H groups in total. The number of carbonyl (C=O) groups excluding carboxylic acids is 1. The summed E-state index contributed by atoms with van der Waals surface area (Å²) in [6.07, 6.45) is 0. The topological polar surface area (TPSA) is 78.9 Å². The van der Waals surface area contributed by atoms with Gasteiger partial charge in [0, 0.05) is 23.7 Å². The van der Waals surface area contributed by atoms with E-state index in [0.717, 1.165) is 0 Å². The summed E-state index contributed by atoms with van der Waals surface area (Å²) in [6, 6.07) is 8.72. The van der Waals surface area contributed by atoms with Crippen molar-refractivity contribution >= 4 is 28.8 Å². The van der Waals surface area contributed by atoms with Crippen molar-refractivity contribution in [3.8, 4) is 0 Å². The summed E-state index contributed by atoms with van der Waals surface area (Å²) in [5.41, 5.74) is 7.41. The Morgan fingerprint density at radius 3 is 2.79 bits per heavy atom. The Morgan fingerprint density at radius 2 is 2.16 bits per heavy atom. The number of nitrogens with zero attached hydrogens (tertiary/aromatic N) is 2. The summed E-state index contributed by atoms with van der Waals surface area (Å²) in [6.45, 7) is 0. The van der Waals surface area contributed by atoms with E-state index in [1.54, 1.807) is 42.8 Å². The SMILES string of the molecule is CN(C(=O)c1ccsc1)c1cccc(C(N)=NO)c1. The van der Waals surface area contributed by atoms with Crippen molar-refractivity contribution in [1.29, 1.82) is 0 Å². The third-order valence-electron chi connectivity index (χ3n) is 2.71. The fourth-order valence-electron chi connectivity index (χ4n) is 1.63.